The number of carbonyl (C=O) groups is 2. The molecule has 31 heavy (non-hydrogen) atoms. The molecule has 2 amide bonds. The van der Waals surface area contributed by atoms with Crippen LogP contribution in [0.3, 0.4) is 0 Å². The highest BCUT2D eigenvalue weighted by Crippen LogP contribution is 2.19. The summed E-state index contributed by atoms with van der Waals surface area (Å²) in [4.78, 5) is 27.5. The molecule has 0 radical (unpaired) electrons. The lowest BCUT2D eigenvalue weighted by Gasteiger charge is -2.31. The summed E-state index contributed by atoms with van der Waals surface area (Å²) in [5.74, 6) is 0.659. The Hall–Kier alpha value is -2.82. The largest absolute Gasteiger partial charge is 0.484 e. The van der Waals surface area contributed by atoms with Crippen LogP contribution in [0.2, 0.25) is 0 Å². The van der Waals surface area contributed by atoms with Crippen LogP contribution in [0.25, 0.3) is 0 Å². The van der Waals surface area contributed by atoms with E-state index in [1.165, 1.54) is 5.56 Å². The van der Waals surface area contributed by atoms with Crippen molar-refractivity contribution in [1.82, 2.24) is 10.2 Å². The van der Waals surface area contributed by atoms with Gasteiger partial charge in [0.25, 0.3) is 5.91 Å². The van der Waals surface area contributed by atoms with Crippen molar-refractivity contribution in [2.24, 2.45) is 0 Å². The Balaban J connectivity index is 2.16. The predicted molar refractivity (Wildman–Crippen MR) is 125 cm³/mol. The zero-order valence-electron chi connectivity index (χ0n) is 19.9. The van der Waals surface area contributed by atoms with Gasteiger partial charge in [-0.2, -0.15) is 0 Å². The van der Waals surface area contributed by atoms with Crippen molar-refractivity contribution in [2.45, 2.75) is 72.5 Å². The lowest BCUT2D eigenvalue weighted by atomic mass is 10.0. The van der Waals surface area contributed by atoms with Gasteiger partial charge < -0.3 is 15.0 Å². The van der Waals surface area contributed by atoms with E-state index in [0.29, 0.717) is 18.2 Å². The Morgan fingerprint density at radius 3 is 2.16 bits per heavy atom. The first kappa shape index (κ1) is 24.4. The molecule has 2 aromatic rings. The molecule has 168 valence electrons. The second-order valence-electron chi connectivity index (χ2n) is 9.38. The maximum absolute atomic E-state index is 13.1. The number of nitrogens with zero attached hydrogens (tertiary/aromatic N) is 1. The molecule has 0 spiro atoms. The monoisotopic (exact) mass is 424 g/mol. The van der Waals surface area contributed by atoms with Gasteiger partial charge in [-0.1, -0.05) is 50.2 Å². The first-order chi connectivity index (χ1) is 14.5. The van der Waals surface area contributed by atoms with Crippen molar-refractivity contribution < 1.29 is 14.3 Å². The lowest BCUT2D eigenvalue weighted by Crippen LogP contribution is -2.53. The summed E-state index contributed by atoms with van der Waals surface area (Å²) in [6.45, 7) is 14.0. The van der Waals surface area contributed by atoms with E-state index in [2.05, 4.69) is 19.2 Å². The number of benzene rings is 2. The molecular weight excluding hydrogens is 388 g/mol. The summed E-state index contributed by atoms with van der Waals surface area (Å²) in [5.41, 5.74) is 2.92. The molecule has 1 N–H and O–H groups in total. The quantitative estimate of drug-likeness (QED) is 0.660. The Morgan fingerprint density at radius 1 is 1.00 bits per heavy atom. The molecule has 2 rings (SSSR count). The third kappa shape index (κ3) is 7.42. The second kappa shape index (κ2) is 10.5. The Labute approximate surface area is 186 Å². The zero-order chi connectivity index (χ0) is 23.2. The molecule has 0 aliphatic rings. The number of ether oxygens (including phenoxy) is 1. The van der Waals surface area contributed by atoms with Gasteiger partial charge in [0, 0.05) is 12.1 Å². The normalized spacial score (nSPS) is 12.4. The van der Waals surface area contributed by atoms with E-state index >= 15 is 0 Å². The molecule has 2 aromatic carbocycles. The van der Waals surface area contributed by atoms with E-state index in [9.17, 15) is 9.59 Å². The number of nitrogens with one attached hydrogen (secondary N) is 1. The van der Waals surface area contributed by atoms with Crippen LogP contribution in [-0.2, 0) is 16.1 Å². The predicted octanol–water partition coefficient (Wildman–Crippen LogP) is 4.83. The molecule has 0 fully saturated rings. The summed E-state index contributed by atoms with van der Waals surface area (Å²) in [6, 6.07) is 15.0. The van der Waals surface area contributed by atoms with E-state index in [0.717, 1.165) is 11.1 Å². The van der Waals surface area contributed by atoms with Gasteiger partial charge in [-0.3, -0.25) is 9.59 Å². The molecule has 0 aliphatic carbocycles. The SMILES string of the molecule is Cc1ccccc1CN(C(=O)COc1ccc(C(C)C)cc1)C(C)C(=O)NC(C)(C)C. The fourth-order valence-corrected chi connectivity index (χ4v) is 3.20. The minimum atomic E-state index is -0.627. The van der Waals surface area contributed by atoms with E-state index in [1.54, 1.807) is 11.8 Å². The molecule has 1 unspecified atom stereocenters. The third-order valence-electron chi connectivity index (χ3n) is 5.18. The van der Waals surface area contributed by atoms with E-state index in [-0.39, 0.29) is 24.0 Å². The molecule has 0 aliphatic heterocycles. The van der Waals surface area contributed by atoms with Gasteiger partial charge in [0.05, 0.1) is 0 Å². The molecule has 0 bridgehead atoms. The molecule has 5 nitrogen and oxygen atoms in total. The van der Waals surface area contributed by atoms with Crippen molar-refractivity contribution in [3.63, 3.8) is 0 Å². The minimum absolute atomic E-state index is 0.125. The van der Waals surface area contributed by atoms with Crippen LogP contribution in [0.4, 0.5) is 0 Å². The first-order valence-corrected chi connectivity index (χ1v) is 10.9. The minimum Gasteiger partial charge on any atom is -0.484 e. The standard InChI is InChI=1S/C26H36N2O3/c1-18(2)21-12-14-23(15-13-21)31-17-24(29)28(16-22-11-9-8-10-19(22)3)20(4)25(30)27-26(5,6)7/h8-15,18,20H,16-17H2,1-7H3,(H,27,30). The summed E-state index contributed by atoms with van der Waals surface area (Å²) in [7, 11) is 0. The fourth-order valence-electron chi connectivity index (χ4n) is 3.20. The highest BCUT2D eigenvalue weighted by molar-refractivity contribution is 5.88. The molecule has 5 heteroatoms. The Morgan fingerprint density at radius 2 is 1.61 bits per heavy atom. The second-order valence-corrected chi connectivity index (χ2v) is 9.38. The van der Waals surface area contributed by atoms with E-state index < -0.39 is 6.04 Å². The summed E-state index contributed by atoms with van der Waals surface area (Å²) in [6.07, 6.45) is 0. The molecule has 0 aromatic heterocycles. The summed E-state index contributed by atoms with van der Waals surface area (Å²) < 4.78 is 5.76. The van der Waals surface area contributed by atoms with Gasteiger partial charge in [0.1, 0.15) is 11.8 Å². The van der Waals surface area contributed by atoms with Crippen molar-refractivity contribution in [3.8, 4) is 5.75 Å². The number of amides is 2. The van der Waals surface area contributed by atoms with Crippen molar-refractivity contribution in [3.05, 3.63) is 65.2 Å². The Kier molecular flexibility index (Phi) is 8.26. The lowest BCUT2D eigenvalue weighted by molar-refractivity contribution is -0.142. The number of hydrogen-bond donors (Lipinski definition) is 1. The van der Waals surface area contributed by atoms with Gasteiger partial charge in [0.2, 0.25) is 5.91 Å². The summed E-state index contributed by atoms with van der Waals surface area (Å²) in [5, 5.41) is 2.97. The number of aryl methyl sites for hydroxylation is 1. The molecule has 0 saturated heterocycles. The van der Waals surface area contributed by atoms with Crippen LogP contribution in [0.15, 0.2) is 48.5 Å². The highest BCUT2D eigenvalue weighted by atomic mass is 16.5. The van der Waals surface area contributed by atoms with Gasteiger partial charge in [-0.25, -0.2) is 0 Å². The van der Waals surface area contributed by atoms with Crippen LogP contribution in [-0.4, -0.2) is 34.9 Å². The van der Waals surface area contributed by atoms with Gasteiger partial charge in [0.15, 0.2) is 6.61 Å². The van der Waals surface area contributed by atoms with Crippen LogP contribution in [0, 0.1) is 6.92 Å². The van der Waals surface area contributed by atoms with Crippen molar-refractivity contribution in [2.75, 3.05) is 6.61 Å². The van der Waals surface area contributed by atoms with Crippen LogP contribution >= 0.6 is 0 Å². The van der Waals surface area contributed by atoms with E-state index in [4.69, 9.17) is 4.74 Å². The number of carbonyl (C=O) groups excluding carboxylic acids is 2. The average molecular weight is 425 g/mol. The fraction of sp³-hybridized carbons (Fsp3) is 0.462. The smallest absolute Gasteiger partial charge is 0.261 e. The van der Waals surface area contributed by atoms with Gasteiger partial charge >= 0.3 is 0 Å². The van der Waals surface area contributed by atoms with Crippen LogP contribution in [0.1, 0.15) is 64.2 Å². The molecule has 1 atom stereocenters. The maximum atomic E-state index is 13.1. The molecular formula is C26H36N2O3. The van der Waals surface area contributed by atoms with Crippen LogP contribution < -0.4 is 10.1 Å². The Bertz CT molecular complexity index is 882. The van der Waals surface area contributed by atoms with Crippen molar-refractivity contribution >= 4 is 11.8 Å². The molecule has 0 saturated carbocycles. The van der Waals surface area contributed by atoms with Crippen molar-refractivity contribution in [1.29, 1.82) is 0 Å². The zero-order valence-corrected chi connectivity index (χ0v) is 19.9. The maximum Gasteiger partial charge on any atom is 0.261 e. The average Bonchev–Trinajstić information content (AvgIpc) is 2.70. The highest BCUT2D eigenvalue weighted by Gasteiger charge is 2.29. The third-order valence-corrected chi connectivity index (χ3v) is 5.18. The van der Waals surface area contributed by atoms with Crippen LogP contribution in [0.5, 0.6) is 5.75 Å². The number of rotatable bonds is 8. The van der Waals surface area contributed by atoms with Gasteiger partial charge in [-0.15, -0.1) is 0 Å². The topological polar surface area (TPSA) is 58.6 Å². The van der Waals surface area contributed by atoms with E-state index in [1.807, 2.05) is 76.2 Å². The van der Waals surface area contributed by atoms with Gasteiger partial charge in [-0.05, 0) is 69.4 Å². The number of hydrogen-bond acceptors (Lipinski definition) is 3. The first-order valence-electron chi connectivity index (χ1n) is 10.9. The molecule has 0 heterocycles. The summed E-state index contributed by atoms with van der Waals surface area (Å²) >= 11 is 0.